The van der Waals surface area contributed by atoms with Crippen LogP contribution in [0.3, 0.4) is 0 Å². The van der Waals surface area contributed by atoms with Crippen molar-refractivity contribution >= 4 is 22.6 Å². The molecular formula is C16H22N2OS. The Labute approximate surface area is 125 Å². The van der Waals surface area contributed by atoms with Gasteiger partial charge >= 0.3 is 0 Å². The van der Waals surface area contributed by atoms with Gasteiger partial charge in [0.15, 0.2) is 5.17 Å². The number of nitrogens with one attached hydrogen (secondary N) is 1. The molecule has 1 fully saturated rings. The van der Waals surface area contributed by atoms with Gasteiger partial charge in [0.2, 0.25) is 0 Å². The number of hydrogen-bond acceptors (Lipinski definition) is 4. The van der Waals surface area contributed by atoms with Gasteiger partial charge in [-0.1, -0.05) is 24.6 Å². The lowest BCUT2D eigenvalue weighted by Gasteiger charge is -2.32. The first-order valence-corrected chi connectivity index (χ1v) is 8.37. The van der Waals surface area contributed by atoms with Crippen molar-refractivity contribution in [2.24, 2.45) is 10.9 Å². The summed E-state index contributed by atoms with van der Waals surface area (Å²) < 4.78 is 5.30. The van der Waals surface area contributed by atoms with E-state index in [1.54, 1.807) is 7.11 Å². The highest BCUT2D eigenvalue weighted by Gasteiger charge is 2.29. The fraction of sp³-hybridized carbons (Fsp3) is 0.562. The second-order valence-electron chi connectivity index (χ2n) is 5.67. The normalized spacial score (nSPS) is 25.6. The molecule has 0 radical (unpaired) electrons. The van der Waals surface area contributed by atoms with Gasteiger partial charge in [0.05, 0.1) is 13.2 Å². The third-order valence-corrected chi connectivity index (χ3v) is 5.31. The molecule has 1 N–H and O–H groups in total. The van der Waals surface area contributed by atoms with E-state index in [1.807, 2.05) is 17.8 Å². The molecule has 0 spiro atoms. The SMILES string of the molecule is COc1ccc(NC2=NC3CCCCC3CS2)cc1C. The van der Waals surface area contributed by atoms with Crippen molar-refractivity contribution in [1.29, 1.82) is 0 Å². The lowest BCUT2D eigenvalue weighted by Crippen LogP contribution is -2.31. The molecule has 0 bridgehead atoms. The van der Waals surface area contributed by atoms with Crippen LogP contribution in [-0.4, -0.2) is 24.1 Å². The van der Waals surface area contributed by atoms with Gasteiger partial charge in [-0.2, -0.15) is 0 Å². The predicted octanol–water partition coefficient (Wildman–Crippen LogP) is 4.08. The molecule has 1 aliphatic carbocycles. The molecule has 108 valence electrons. The predicted molar refractivity (Wildman–Crippen MR) is 87.0 cm³/mol. The lowest BCUT2D eigenvalue weighted by atomic mass is 9.86. The van der Waals surface area contributed by atoms with Crippen molar-refractivity contribution < 1.29 is 4.74 Å². The Balaban J connectivity index is 1.71. The first-order chi connectivity index (χ1) is 9.76. The molecule has 3 nitrogen and oxygen atoms in total. The zero-order chi connectivity index (χ0) is 13.9. The van der Waals surface area contributed by atoms with Crippen LogP contribution in [0.15, 0.2) is 23.2 Å². The van der Waals surface area contributed by atoms with Gasteiger partial charge in [0.25, 0.3) is 0 Å². The summed E-state index contributed by atoms with van der Waals surface area (Å²) in [6.07, 6.45) is 5.34. The Kier molecular flexibility index (Phi) is 4.20. The summed E-state index contributed by atoms with van der Waals surface area (Å²) in [5, 5.41) is 4.54. The molecule has 3 rings (SSSR count). The zero-order valence-corrected chi connectivity index (χ0v) is 13.0. The van der Waals surface area contributed by atoms with Crippen LogP contribution in [0.25, 0.3) is 0 Å². The van der Waals surface area contributed by atoms with E-state index in [-0.39, 0.29) is 0 Å². The highest BCUT2D eigenvalue weighted by Crippen LogP contribution is 2.34. The second kappa shape index (κ2) is 6.08. The number of aryl methyl sites for hydroxylation is 1. The van der Waals surface area contributed by atoms with Crippen LogP contribution >= 0.6 is 11.8 Å². The molecule has 2 unspecified atom stereocenters. The van der Waals surface area contributed by atoms with E-state index < -0.39 is 0 Å². The van der Waals surface area contributed by atoms with Crippen molar-refractivity contribution in [1.82, 2.24) is 0 Å². The van der Waals surface area contributed by atoms with E-state index >= 15 is 0 Å². The summed E-state index contributed by atoms with van der Waals surface area (Å²) in [6, 6.07) is 6.73. The monoisotopic (exact) mass is 290 g/mol. The standard InChI is InChI=1S/C16H22N2OS/c1-11-9-13(7-8-15(11)19-2)17-16-18-14-6-4-3-5-12(14)10-20-16/h7-9,12,14H,3-6,10H2,1-2H3,(H,17,18). The van der Waals surface area contributed by atoms with Crippen LogP contribution < -0.4 is 10.1 Å². The molecule has 1 heterocycles. The first kappa shape index (κ1) is 13.8. The van der Waals surface area contributed by atoms with Crippen molar-refractivity contribution in [2.45, 2.75) is 38.6 Å². The van der Waals surface area contributed by atoms with Gasteiger partial charge < -0.3 is 10.1 Å². The van der Waals surface area contributed by atoms with Crippen LogP contribution in [0.4, 0.5) is 5.69 Å². The highest BCUT2D eigenvalue weighted by atomic mass is 32.2. The van der Waals surface area contributed by atoms with Crippen LogP contribution in [0.2, 0.25) is 0 Å². The third-order valence-electron chi connectivity index (χ3n) is 4.23. The summed E-state index contributed by atoms with van der Waals surface area (Å²) in [5.74, 6) is 2.95. The van der Waals surface area contributed by atoms with Crippen LogP contribution in [0.1, 0.15) is 31.2 Å². The Morgan fingerprint density at radius 3 is 2.95 bits per heavy atom. The molecule has 0 aromatic heterocycles. The van der Waals surface area contributed by atoms with Gasteiger partial charge in [-0.25, -0.2) is 0 Å². The van der Waals surface area contributed by atoms with Crippen molar-refractivity contribution in [2.75, 3.05) is 18.2 Å². The number of fused-ring (bicyclic) bond motifs is 1. The van der Waals surface area contributed by atoms with E-state index in [9.17, 15) is 0 Å². The Hall–Kier alpha value is -1.16. The number of methoxy groups -OCH3 is 1. The Morgan fingerprint density at radius 2 is 2.15 bits per heavy atom. The maximum absolute atomic E-state index is 5.30. The number of ether oxygens (including phenoxy) is 1. The quantitative estimate of drug-likeness (QED) is 0.891. The fourth-order valence-corrected chi connectivity index (χ4v) is 4.24. The van der Waals surface area contributed by atoms with E-state index in [2.05, 4.69) is 24.4 Å². The lowest BCUT2D eigenvalue weighted by molar-refractivity contribution is 0.336. The highest BCUT2D eigenvalue weighted by molar-refractivity contribution is 8.14. The van der Waals surface area contributed by atoms with E-state index in [0.717, 1.165) is 28.1 Å². The number of benzene rings is 1. The fourth-order valence-electron chi connectivity index (χ4n) is 3.07. The van der Waals surface area contributed by atoms with Crippen LogP contribution in [0, 0.1) is 12.8 Å². The minimum atomic E-state index is 0.548. The van der Waals surface area contributed by atoms with Gasteiger partial charge in [-0.3, -0.25) is 4.99 Å². The summed E-state index contributed by atoms with van der Waals surface area (Å²) in [6.45, 7) is 2.07. The van der Waals surface area contributed by atoms with Crippen molar-refractivity contribution in [3.8, 4) is 5.75 Å². The second-order valence-corrected chi connectivity index (χ2v) is 6.68. The summed E-state index contributed by atoms with van der Waals surface area (Å²) in [5.41, 5.74) is 2.25. The molecule has 1 aromatic rings. The maximum Gasteiger partial charge on any atom is 0.161 e. The van der Waals surface area contributed by atoms with E-state index in [0.29, 0.717) is 6.04 Å². The minimum Gasteiger partial charge on any atom is -0.496 e. The molecule has 1 saturated carbocycles. The van der Waals surface area contributed by atoms with Gasteiger partial charge in [0, 0.05) is 11.4 Å². The molecule has 1 aliphatic heterocycles. The number of nitrogens with zero attached hydrogens (tertiary/aromatic N) is 1. The van der Waals surface area contributed by atoms with Crippen LogP contribution in [-0.2, 0) is 0 Å². The molecule has 0 saturated heterocycles. The Bertz CT molecular complexity index is 515. The van der Waals surface area contributed by atoms with Crippen molar-refractivity contribution in [3.63, 3.8) is 0 Å². The molecule has 2 atom stereocenters. The molecule has 20 heavy (non-hydrogen) atoms. The third kappa shape index (κ3) is 2.95. The molecule has 4 heteroatoms. The average molecular weight is 290 g/mol. The summed E-state index contributed by atoms with van der Waals surface area (Å²) in [7, 11) is 1.71. The molecular weight excluding hydrogens is 268 g/mol. The van der Waals surface area contributed by atoms with Gasteiger partial charge in [-0.05, 0) is 49.4 Å². The number of aliphatic imine (C=N–C) groups is 1. The topological polar surface area (TPSA) is 33.6 Å². The number of hydrogen-bond donors (Lipinski definition) is 1. The maximum atomic E-state index is 5.30. The Morgan fingerprint density at radius 1 is 1.30 bits per heavy atom. The van der Waals surface area contributed by atoms with E-state index in [1.165, 1.54) is 31.4 Å². The summed E-state index contributed by atoms with van der Waals surface area (Å²) >= 11 is 1.87. The number of thioether (sulfide) groups is 1. The molecule has 2 aliphatic rings. The number of rotatable bonds is 2. The van der Waals surface area contributed by atoms with Crippen LogP contribution in [0.5, 0.6) is 5.75 Å². The molecule has 1 aromatic carbocycles. The van der Waals surface area contributed by atoms with Crippen molar-refractivity contribution in [3.05, 3.63) is 23.8 Å². The number of anilines is 1. The largest absolute Gasteiger partial charge is 0.496 e. The van der Waals surface area contributed by atoms with Gasteiger partial charge in [-0.15, -0.1) is 0 Å². The first-order valence-electron chi connectivity index (χ1n) is 7.38. The number of amidine groups is 1. The smallest absolute Gasteiger partial charge is 0.161 e. The van der Waals surface area contributed by atoms with E-state index in [4.69, 9.17) is 9.73 Å². The molecule has 0 amide bonds. The summed E-state index contributed by atoms with van der Waals surface area (Å²) in [4.78, 5) is 4.91. The minimum absolute atomic E-state index is 0.548. The average Bonchev–Trinajstić information content (AvgIpc) is 2.47. The zero-order valence-electron chi connectivity index (χ0n) is 12.2. The van der Waals surface area contributed by atoms with Gasteiger partial charge in [0.1, 0.15) is 5.75 Å².